The molecule has 0 saturated carbocycles. The SMILES string of the molecule is Cc1nc2c(C(N)=O)cc(N3CCOCC3)cc2n1Cc1cccc(Cl)c1Cl. The maximum absolute atomic E-state index is 12.1. The number of halogens is 2. The molecule has 0 unspecified atom stereocenters. The number of primary amides is 1. The average Bonchev–Trinajstić information content (AvgIpc) is 3.00. The minimum Gasteiger partial charge on any atom is -0.378 e. The number of nitrogens with zero attached hydrogens (tertiary/aromatic N) is 3. The van der Waals surface area contributed by atoms with Gasteiger partial charge in [0.25, 0.3) is 5.91 Å². The van der Waals surface area contributed by atoms with Gasteiger partial charge in [-0.15, -0.1) is 0 Å². The van der Waals surface area contributed by atoms with E-state index in [0.29, 0.717) is 40.9 Å². The predicted octanol–water partition coefficient (Wildman–Crippen LogP) is 3.64. The summed E-state index contributed by atoms with van der Waals surface area (Å²) in [5.41, 5.74) is 9.33. The number of hydrogen-bond donors (Lipinski definition) is 1. The zero-order valence-corrected chi connectivity index (χ0v) is 16.9. The number of amides is 1. The molecule has 28 heavy (non-hydrogen) atoms. The van der Waals surface area contributed by atoms with Gasteiger partial charge in [0, 0.05) is 18.8 Å². The lowest BCUT2D eigenvalue weighted by Gasteiger charge is -2.29. The zero-order chi connectivity index (χ0) is 19.8. The van der Waals surface area contributed by atoms with Crippen LogP contribution < -0.4 is 10.6 Å². The molecule has 0 aliphatic carbocycles. The second-order valence-corrected chi connectivity index (χ2v) is 7.57. The number of imidazole rings is 1. The van der Waals surface area contributed by atoms with E-state index >= 15 is 0 Å². The number of nitrogens with two attached hydrogens (primary N) is 1. The lowest BCUT2D eigenvalue weighted by Crippen LogP contribution is -2.36. The van der Waals surface area contributed by atoms with Crippen LogP contribution in [0.2, 0.25) is 10.0 Å². The van der Waals surface area contributed by atoms with Crippen LogP contribution in [-0.4, -0.2) is 41.8 Å². The van der Waals surface area contributed by atoms with Crippen molar-refractivity contribution in [3.05, 3.63) is 57.3 Å². The van der Waals surface area contributed by atoms with Crippen LogP contribution in [0.25, 0.3) is 11.0 Å². The van der Waals surface area contributed by atoms with Crippen molar-refractivity contribution in [1.82, 2.24) is 9.55 Å². The van der Waals surface area contributed by atoms with Crippen LogP contribution >= 0.6 is 23.2 Å². The molecule has 1 saturated heterocycles. The second-order valence-electron chi connectivity index (χ2n) is 6.78. The maximum atomic E-state index is 12.1. The van der Waals surface area contributed by atoms with Crippen LogP contribution in [-0.2, 0) is 11.3 Å². The van der Waals surface area contributed by atoms with Crippen molar-refractivity contribution in [2.45, 2.75) is 13.5 Å². The lowest BCUT2D eigenvalue weighted by molar-refractivity contribution is 0.100. The molecule has 2 N–H and O–H groups in total. The largest absolute Gasteiger partial charge is 0.378 e. The van der Waals surface area contributed by atoms with E-state index in [1.54, 1.807) is 6.07 Å². The normalized spacial score (nSPS) is 14.6. The Balaban J connectivity index is 1.86. The van der Waals surface area contributed by atoms with Crippen molar-refractivity contribution >= 4 is 45.8 Å². The fraction of sp³-hybridized carbons (Fsp3) is 0.300. The summed E-state index contributed by atoms with van der Waals surface area (Å²) in [6, 6.07) is 9.42. The third-order valence-corrected chi connectivity index (χ3v) is 5.89. The first-order chi connectivity index (χ1) is 13.5. The number of rotatable bonds is 4. The van der Waals surface area contributed by atoms with Gasteiger partial charge in [-0.2, -0.15) is 0 Å². The first-order valence-electron chi connectivity index (χ1n) is 9.02. The molecule has 0 radical (unpaired) electrons. The molecule has 2 aromatic carbocycles. The molecule has 0 spiro atoms. The maximum Gasteiger partial charge on any atom is 0.251 e. The number of aryl methyl sites for hydroxylation is 1. The predicted molar refractivity (Wildman–Crippen MR) is 112 cm³/mol. The molecule has 1 aromatic heterocycles. The molecule has 0 atom stereocenters. The summed E-state index contributed by atoms with van der Waals surface area (Å²) in [4.78, 5) is 18.9. The van der Waals surface area contributed by atoms with Crippen LogP contribution in [0.1, 0.15) is 21.7 Å². The van der Waals surface area contributed by atoms with E-state index in [4.69, 9.17) is 33.7 Å². The Kier molecular flexibility index (Phi) is 5.19. The molecule has 6 nitrogen and oxygen atoms in total. The van der Waals surface area contributed by atoms with Gasteiger partial charge < -0.3 is 19.9 Å². The summed E-state index contributed by atoms with van der Waals surface area (Å²) in [5.74, 6) is 0.276. The Morgan fingerprint density at radius 1 is 1.25 bits per heavy atom. The molecule has 2 heterocycles. The van der Waals surface area contributed by atoms with Crippen LogP contribution in [0, 0.1) is 6.92 Å². The number of morpholine rings is 1. The molecule has 1 amide bonds. The minimum absolute atomic E-state index is 0.415. The lowest BCUT2D eigenvalue weighted by atomic mass is 10.1. The van der Waals surface area contributed by atoms with Crippen LogP contribution in [0.4, 0.5) is 5.69 Å². The van der Waals surface area contributed by atoms with E-state index in [2.05, 4.69) is 9.88 Å². The van der Waals surface area contributed by atoms with Gasteiger partial charge in [-0.1, -0.05) is 35.3 Å². The zero-order valence-electron chi connectivity index (χ0n) is 15.4. The fourth-order valence-corrected chi connectivity index (χ4v) is 3.94. The Hall–Kier alpha value is -2.28. The molecular formula is C20H20Cl2N4O2. The molecule has 0 bridgehead atoms. The van der Waals surface area contributed by atoms with E-state index in [1.807, 2.05) is 35.8 Å². The topological polar surface area (TPSA) is 73.4 Å². The monoisotopic (exact) mass is 418 g/mol. The Labute approximate surface area is 172 Å². The molecule has 1 fully saturated rings. The summed E-state index contributed by atoms with van der Waals surface area (Å²) in [6.45, 7) is 5.22. The summed E-state index contributed by atoms with van der Waals surface area (Å²) in [7, 11) is 0. The molecular weight excluding hydrogens is 399 g/mol. The smallest absolute Gasteiger partial charge is 0.251 e. The number of hydrogen-bond acceptors (Lipinski definition) is 4. The Bertz CT molecular complexity index is 1060. The molecule has 146 valence electrons. The van der Waals surface area contributed by atoms with Crippen LogP contribution in [0.3, 0.4) is 0 Å². The van der Waals surface area contributed by atoms with Crippen molar-refractivity contribution in [2.24, 2.45) is 5.73 Å². The number of anilines is 1. The summed E-state index contributed by atoms with van der Waals surface area (Å²) >= 11 is 12.6. The van der Waals surface area contributed by atoms with E-state index in [9.17, 15) is 4.79 Å². The summed E-state index contributed by atoms with van der Waals surface area (Å²) in [6.07, 6.45) is 0. The van der Waals surface area contributed by atoms with E-state index in [0.717, 1.165) is 35.7 Å². The van der Waals surface area contributed by atoms with Crippen molar-refractivity contribution in [3.8, 4) is 0 Å². The third kappa shape index (κ3) is 3.43. The number of aromatic nitrogens is 2. The van der Waals surface area contributed by atoms with Crippen molar-refractivity contribution in [3.63, 3.8) is 0 Å². The van der Waals surface area contributed by atoms with E-state index in [-0.39, 0.29) is 0 Å². The third-order valence-electron chi connectivity index (χ3n) is 5.03. The van der Waals surface area contributed by atoms with Gasteiger partial charge in [-0.25, -0.2) is 4.98 Å². The van der Waals surface area contributed by atoms with Crippen LogP contribution in [0.15, 0.2) is 30.3 Å². The minimum atomic E-state index is -0.495. The highest BCUT2D eigenvalue weighted by atomic mass is 35.5. The number of carbonyl (C=O) groups excluding carboxylic acids is 1. The Morgan fingerprint density at radius 3 is 2.71 bits per heavy atom. The van der Waals surface area contributed by atoms with E-state index < -0.39 is 5.91 Å². The van der Waals surface area contributed by atoms with Gasteiger partial charge in [0.2, 0.25) is 0 Å². The van der Waals surface area contributed by atoms with Gasteiger partial charge in [-0.3, -0.25) is 4.79 Å². The quantitative estimate of drug-likeness (QED) is 0.701. The van der Waals surface area contributed by atoms with Crippen molar-refractivity contribution in [1.29, 1.82) is 0 Å². The average molecular weight is 419 g/mol. The van der Waals surface area contributed by atoms with Crippen molar-refractivity contribution in [2.75, 3.05) is 31.2 Å². The molecule has 3 aromatic rings. The Morgan fingerprint density at radius 2 is 2.00 bits per heavy atom. The number of carbonyl (C=O) groups is 1. The molecule has 1 aliphatic heterocycles. The first-order valence-corrected chi connectivity index (χ1v) is 9.77. The number of ether oxygens (including phenoxy) is 1. The van der Waals surface area contributed by atoms with Crippen LogP contribution in [0.5, 0.6) is 0 Å². The van der Waals surface area contributed by atoms with Gasteiger partial charge in [0.05, 0.1) is 40.9 Å². The first kappa shape index (κ1) is 19.1. The van der Waals surface area contributed by atoms with Gasteiger partial charge in [-0.05, 0) is 30.7 Å². The van der Waals surface area contributed by atoms with Gasteiger partial charge in [0.1, 0.15) is 11.3 Å². The fourth-order valence-electron chi connectivity index (χ4n) is 3.56. The number of fused-ring (bicyclic) bond motifs is 1. The molecule has 4 rings (SSSR count). The number of benzene rings is 2. The standard InChI is InChI=1S/C20H20Cl2N4O2/c1-12-24-19-15(20(23)27)9-14(25-5-7-28-8-6-25)10-17(19)26(12)11-13-3-2-4-16(21)18(13)22/h2-4,9-10H,5-8,11H2,1H3,(H2,23,27). The summed E-state index contributed by atoms with van der Waals surface area (Å²) < 4.78 is 7.47. The molecule has 1 aliphatic rings. The van der Waals surface area contributed by atoms with Gasteiger partial charge >= 0.3 is 0 Å². The highest BCUT2D eigenvalue weighted by molar-refractivity contribution is 6.42. The molecule has 8 heteroatoms. The van der Waals surface area contributed by atoms with Gasteiger partial charge in [0.15, 0.2) is 0 Å². The second kappa shape index (κ2) is 7.62. The van der Waals surface area contributed by atoms with Crippen molar-refractivity contribution < 1.29 is 9.53 Å². The highest BCUT2D eigenvalue weighted by Crippen LogP contribution is 2.31. The van der Waals surface area contributed by atoms with E-state index in [1.165, 1.54) is 0 Å². The highest BCUT2D eigenvalue weighted by Gasteiger charge is 2.20. The summed E-state index contributed by atoms with van der Waals surface area (Å²) in [5, 5.41) is 1.03.